The van der Waals surface area contributed by atoms with Gasteiger partial charge in [0.05, 0.1) is 14.2 Å². The summed E-state index contributed by atoms with van der Waals surface area (Å²) in [4.78, 5) is 2.50. The van der Waals surface area contributed by atoms with Crippen molar-refractivity contribution in [3.63, 3.8) is 0 Å². The van der Waals surface area contributed by atoms with E-state index in [9.17, 15) is 8.78 Å². The predicted octanol–water partition coefficient (Wildman–Crippen LogP) is 6.51. The van der Waals surface area contributed by atoms with Gasteiger partial charge in [0.1, 0.15) is 11.6 Å². The van der Waals surface area contributed by atoms with Crippen molar-refractivity contribution in [1.29, 1.82) is 0 Å². The number of nitrogens with zero attached hydrogens (tertiary/aromatic N) is 1. The first-order chi connectivity index (χ1) is 16.0. The Labute approximate surface area is 195 Å². The summed E-state index contributed by atoms with van der Waals surface area (Å²) in [6.07, 6.45) is 2.85. The molecule has 3 nitrogen and oxygen atoms in total. The molecule has 1 heterocycles. The zero-order valence-corrected chi connectivity index (χ0v) is 19.5. The van der Waals surface area contributed by atoms with Crippen molar-refractivity contribution in [2.45, 2.75) is 38.1 Å². The average molecular weight is 452 g/mol. The molecular formula is C28H31F2NO2. The highest BCUT2D eigenvalue weighted by Gasteiger charge is 2.26. The second-order valence-electron chi connectivity index (χ2n) is 8.67. The Morgan fingerprint density at radius 2 is 1.42 bits per heavy atom. The van der Waals surface area contributed by atoms with Crippen molar-refractivity contribution in [1.82, 2.24) is 4.90 Å². The van der Waals surface area contributed by atoms with Crippen LogP contribution in [-0.4, -0.2) is 32.2 Å². The Hall–Kier alpha value is -2.92. The second kappa shape index (κ2) is 10.3. The van der Waals surface area contributed by atoms with Gasteiger partial charge in [-0.1, -0.05) is 24.3 Å². The summed E-state index contributed by atoms with van der Waals surface area (Å²) in [6, 6.07) is 17.8. The summed E-state index contributed by atoms with van der Waals surface area (Å²) in [5, 5.41) is 0. The maximum absolute atomic E-state index is 13.5. The minimum absolute atomic E-state index is 0.0999. The molecule has 33 heavy (non-hydrogen) atoms. The molecule has 5 heteroatoms. The van der Waals surface area contributed by atoms with Crippen LogP contribution in [0.25, 0.3) is 0 Å². The molecule has 0 N–H and O–H groups in total. The minimum atomic E-state index is -0.246. The number of hydrogen-bond acceptors (Lipinski definition) is 3. The predicted molar refractivity (Wildman–Crippen MR) is 127 cm³/mol. The standard InChI is InChI=1S/C28H31F2NO2/c1-19-26-18-28(33-3)27(32-2)17-22(26)14-16-31(19)15-4-5-25(20-6-10-23(29)11-7-20)21-8-12-24(30)13-9-21/h6-13,17-19,25H,4-5,14-16H2,1-3H3. The first-order valence-corrected chi connectivity index (χ1v) is 11.5. The van der Waals surface area contributed by atoms with E-state index in [0.29, 0.717) is 0 Å². The largest absolute Gasteiger partial charge is 0.493 e. The van der Waals surface area contributed by atoms with Gasteiger partial charge in [0.15, 0.2) is 11.5 Å². The molecule has 174 valence electrons. The first kappa shape index (κ1) is 23.2. The molecule has 1 unspecified atom stereocenters. The molecule has 0 bridgehead atoms. The molecule has 0 amide bonds. The van der Waals surface area contributed by atoms with E-state index in [1.165, 1.54) is 35.4 Å². The fraction of sp³-hybridized carbons (Fsp3) is 0.357. The van der Waals surface area contributed by atoms with Gasteiger partial charge in [-0.25, -0.2) is 8.78 Å². The van der Waals surface area contributed by atoms with Crippen molar-refractivity contribution in [3.05, 3.63) is 94.6 Å². The lowest BCUT2D eigenvalue weighted by atomic mass is 9.87. The Morgan fingerprint density at radius 3 is 1.97 bits per heavy atom. The molecule has 1 aliphatic heterocycles. The number of rotatable bonds is 8. The van der Waals surface area contributed by atoms with Gasteiger partial charge in [0.25, 0.3) is 0 Å². The number of methoxy groups -OCH3 is 2. The summed E-state index contributed by atoms with van der Waals surface area (Å²) < 4.78 is 38.0. The van der Waals surface area contributed by atoms with Crippen LogP contribution in [0.4, 0.5) is 8.78 Å². The topological polar surface area (TPSA) is 21.7 Å². The number of benzene rings is 3. The first-order valence-electron chi connectivity index (χ1n) is 11.5. The van der Waals surface area contributed by atoms with Gasteiger partial charge in [-0.2, -0.15) is 0 Å². The van der Waals surface area contributed by atoms with Crippen LogP contribution in [0.15, 0.2) is 60.7 Å². The van der Waals surface area contributed by atoms with Crippen LogP contribution in [0.1, 0.15) is 54.0 Å². The van der Waals surface area contributed by atoms with Crippen LogP contribution in [0.3, 0.4) is 0 Å². The van der Waals surface area contributed by atoms with E-state index < -0.39 is 0 Å². The van der Waals surface area contributed by atoms with Gasteiger partial charge >= 0.3 is 0 Å². The molecule has 0 saturated heterocycles. The van der Waals surface area contributed by atoms with E-state index in [2.05, 4.69) is 24.0 Å². The zero-order chi connectivity index (χ0) is 23.4. The Morgan fingerprint density at radius 1 is 0.879 bits per heavy atom. The molecule has 4 rings (SSSR count). The van der Waals surface area contributed by atoms with Gasteiger partial charge in [-0.15, -0.1) is 0 Å². The Balaban J connectivity index is 1.47. The Bertz CT molecular complexity index is 1020. The summed E-state index contributed by atoms with van der Waals surface area (Å²) in [5.41, 5.74) is 4.70. The third kappa shape index (κ3) is 5.19. The Kier molecular flexibility index (Phi) is 7.29. The monoisotopic (exact) mass is 451 g/mol. The highest BCUT2D eigenvalue weighted by atomic mass is 19.1. The number of hydrogen-bond donors (Lipinski definition) is 0. The summed E-state index contributed by atoms with van der Waals surface area (Å²) in [6.45, 7) is 4.18. The maximum atomic E-state index is 13.5. The summed E-state index contributed by atoms with van der Waals surface area (Å²) in [5.74, 6) is 1.15. The van der Waals surface area contributed by atoms with Gasteiger partial charge < -0.3 is 9.47 Å². The van der Waals surface area contributed by atoms with Crippen LogP contribution < -0.4 is 9.47 Å². The van der Waals surface area contributed by atoms with E-state index in [1.54, 1.807) is 14.2 Å². The fourth-order valence-corrected chi connectivity index (χ4v) is 4.92. The smallest absolute Gasteiger partial charge is 0.161 e. The average Bonchev–Trinajstić information content (AvgIpc) is 2.84. The molecule has 0 aliphatic carbocycles. The van der Waals surface area contributed by atoms with Crippen LogP contribution in [0.2, 0.25) is 0 Å². The van der Waals surface area contributed by atoms with Crippen molar-refractivity contribution in [3.8, 4) is 11.5 Å². The fourth-order valence-electron chi connectivity index (χ4n) is 4.92. The van der Waals surface area contributed by atoms with Crippen molar-refractivity contribution in [2.75, 3.05) is 27.3 Å². The zero-order valence-electron chi connectivity index (χ0n) is 19.5. The van der Waals surface area contributed by atoms with Gasteiger partial charge in [-0.05, 0) is 91.4 Å². The molecule has 3 aromatic rings. The number of ether oxygens (including phenoxy) is 2. The van der Waals surface area contributed by atoms with Gasteiger partial charge in [0.2, 0.25) is 0 Å². The summed E-state index contributed by atoms with van der Waals surface area (Å²) >= 11 is 0. The van der Waals surface area contributed by atoms with Crippen molar-refractivity contribution >= 4 is 0 Å². The lowest BCUT2D eigenvalue weighted by Crippen LogP contribution is -2.35. The molecule has 0 fully saturated rings. The van der Waals surface area contributed by atoms with Crippen molar-refractivity contribution in [2.24, 2.45) is 0 Å². The molecular weight excluding hydrogens is 420 g/mol. The van der Waals surface area contributed by atoms with E-state index >= 15 is 0 Å². The molecule has 0 saturated carbocycles. The maximum Gasteiger partial charge on any atom is 0.161 e. The normalized spacial score (nSPS) is 16.0. The van der Waals surface area contributed by atoms with Gasteiger partial charge in [-0.3, -0.25) is 4.90 Å². The van der Waals surface area contributed by atoms with Gasteiger partial charge in [0, 0.05) is 18.5 Å². The number of halogens is 2. The molecule has 3 aromatic carbocycles. The highest BCUT2D eigenvalue weighted by Crippen LogP contribution is 2.38. The van der Waals surface area contributed by atoms with E-state index in [0.717, 1.165) is 55.0 Å². The van der Waals surface area contributed by atoms with Crippen LogP contribution in [-0.2, 0) is 6.42 Å². The van der Waals surface area contributed by atoms with Crippen molar-refractivity contribution < 1.29 is 18.3 Å². The summed E-state index contributed by atoms with van der Waals surface area (Å²) in [7, 11) is 3.34. The quantitative estimate of drug-likeness (QED) is 0.390. The SMILES string of the molecule is COc1cc2c(cc1OC)C(C)N(CCCC(c1ccc(F)cc1)c1ccc(F)cc1)CC2. The molecule has 1 atom stereocenters. The van der Waals surface area contributed by atoms with Crippen LogP contribution >= 0.6 is 0 Å². The number of fused-ring (bicyclic) bond motifs is 1. The third-order valence-corrected chi connectivity index (χ3v) is 6.79. The van der Waals surface area contributed by atoms with Crippen LogP contribution in [0, 0.1) is 11.6 Å². The second-order valence-corrected chi connectivity index (χ2v) is 8.67. The third-order valence-electron chi connectivity index (χ3n) is 6.79. The molecule has 1 aliphatic rings. The highest BCUT2D eigenvalue weighted by molar-refractivity contribution is 5.49. The minimum Gasteiger partial charge on any atom is -0.493 e. The molecule has 0 spiro atoms. The van der Waals surface area contributed by atoms with E-state index in [4.69, 9.17) is 9.47 Å². The lowest BCUT2D eigenvalue weighted by Gasteiger charge is -2.36. The van der Waals surface area contributed by atoms with Crippen LogP contribution in [0.5, 0.6) is 11.5 Å². The van der Waals surface area contributed by atoms with E-state index in [-0.39, 0.29) is 23.6 Å². The lowest BCUT2D eigenvalue weighted by molar-refractivity contribution is 0.193. The molecule has 0 radical (unpaired) electrons. The molecule has 0 aromatic heterocycles. The van der Waals surface area contributed by atoms with E-state index in [1.807, 2.05) is 24.3 Å².